The van der Waals surface area contributed by atoms with Crippen molar-refractivity contribution in [2.75, 3.05) is 19.8 Å². The van der Waals surface area contributed by atoms with Gasteiger partial charge in [0.05, 0.1) is 18.2 Å². The molecule has 94 heavy (non-hydrogen) atoms. The van der Waals surface area contributed by atoms with E-state index in [1.807, 2.05) is 0 Å². The third-order valence-corrected chi connectivity index (χ3v) is 14.3. The predicted octanol–water partition coefficient (Wildman–Crippen LogP) is -2.88. The summed E-state index contributed by atoms with van der Waals surface area (Å²) in [6.45, 7) is -3.05. The van der Waals surface area contributed by atoms with Crippen LogP contribution in [0.15, 0.2) is 83.3 Å². The predicted molar refractivity (Wildman–Crippen MR) is 299 cm³/mol. The Morgan fingerprint density at radius 3 is 1.67 bits per heavy atom. The maximum absolute atomic E-state index is 13.3. The van der Waals surface area contributed by atoms with Crippen LogP contribution in [0.5, 0.6) is 57.5 Å². The number of rotatable bonds is 23. The van der Waals surface area contributed by atoms with Gasteiger partial charge in [-0.3, -0.25) is 9.59 Å². The highest BCUT2D eigenvalue weighted by Gasteiger charge is 2.54. The third-order valence-electron chi connectivity index (χ3n) is 14.3. The monoisotopic (exact) mass is 1330 g/mol. The maximum atomic E-state index is 13.3. The van der Waals surface area contributed by atoms with E-state index >= 15 is 0 Å². The Morgan fingerprint density at radius 1 is 0.532 bits per heavy atom. The summed E-state index contributed by atoms with van der Waals surface area (Å²) in [6.07, 6.45) is -34.7. The molecule has 0 amide bonds. The van der Waals surface area contributed by atoms with Crippen LogP contribution in [0.1, 0.15) is 17.5 Å². The standard InChI is InChI=1S/C58H58O36/c59-17-34-42(72)46(76)52(92-38(68)8-4-21-2-6-26(61)29(64)10-21)58(89-34)94-53-47(77)44(74)36(19-85-39(69)16-40(70)93-51(55(82)83)49(79)54(80)81)91-57(53)88-33-15-24-27(62)13-23(14-32(24)87-50(33)22-11-30(65)41(71)31(66)12-22)86-56-48(78)45(75)43(73)35(90-56)18-84-37(67)7-3-20-1-5-25(60)28(63)9-20/h1-15,34-36,42-49,51-53,56-59,72-79H,16-19H2,(H9-,60,61,62,63,64,65,66,67,68,71,80,81,82,83)/p+1/t34-,35-,36-,42-,43-,44+,45+,46+,47+,48-,49?,51?,52-,53-,56-,57-,58+/m1/s1. The summed E-state index contributed by atoms with van der Waals surface area (Å²) >= 11 is 0. The molecule has 506 valence electrons. The molecule has 0 spiro atoms. The van der Waals surface area contributed by atoms with Crippen LogP contribution in [0.2, 0.25) is 0 Å². The summed E-state index contributed by atoms with van der Waals surface area (Å²) in [5.74, 6) is -17.7. The fourth-order valence-corrected chi connectivity index (χ4v) is 9.31. The first-order valence-corrected chi connectivity index (χ1v) is 27.4. The smallest absolute Gasteiger partial charge is 0.402 e. The van der Waals surface area contributed by atoms with Crippen molar-refractivity contribution in [3.63, 3.8) is 0 Å². The van der Waals surface area contributed by atoms with Crippen molar-refractivity contribution in [1.29, 1.82) is 0 Å². The number of ether oxygens (including phenoxy) is 10. The van der Waals surface area contributed by atoms with E-state index in [0.29, 0.717) is 0 Å². The van der Waals surface area contributed by atoms with Crippen molar-refractivity contribution in [3.8, 4) is 68.8 Å². The van der Waals surface area contributed by atoms with Gasteiger partial charge in [0.1, 0.15) is 97.6 Å². The van der Waals surface area contributed by atoms with Crippen LogP contribution in [0.3, 0.4) is 0 Å². The highest BCUT2D eigenvalue weighted by molar-refractivity contribution is 5.94. The maximum Gasteiger partial charge on any atom is 0.402 e. The van der Waals surface area contributed by atoms with Crippen LogP contribution in [0, 0.1) is 0 Å². The first kappa shape index (κ1) is 69.9. The van der Waals surface area contributed by atoms with Crippen molar-refractivity contribution in [1.82, 2.24) is 0 Å². The van der Waals surface area contributed by atoms with E-state index in [1.165, 1.54) is 18.2 Å². The SMILES string of the molecule is O=C(/C=C/c1ccc(O)c(O)c1)OC[C@H]1O[C@@H](Oc2cc(O)c3cc(O[C@@H]4O[C@H](COC(=O)CC(=O)OC(C(=O)O)C(O)C(=O)O)[C@H](O)[C@H](O)[C@H]4O[C@@H]4O[C@H](CO)[C@@H](O)[C@H](O)[C@H]4OC(=O)/C=C/c4ccc(O)c(O)c4)c(-c4cc(O)c(O)c(O)c4)[o+]c3c2)[C@H](O)[C@@H](O)[C@@H]1O. The van der Waals surface area contributed by atoms with Crippen molar-refractivity contribution in [2.45, 2.75) is 111 Å². The minimum atomic E-state index is -2.80. The molecular weight excluding hydrogens is 1270 g/mol. The second-order valence-electron chi connectivity index (χ2n) is 20.8. The molecule has 5 aromatic rings. The first-order chi connectivity index (χ1) is 44.4. The molecule has 17 atom stereocenters. The van der Waals surface area contributed by atoms with E-state index in [4.69, 9.17) is 52.2 Å². The van der Waals surface area contributed by atoms with E-state index in [-0.39, 0.29) is 16.5 Å². The zero-order valence-electron chi connectivity index (χ0n) is 47.7. The van der Waals surface area contributed by atoms with E-state index in [1.54, 1.807) is 0 Å². The van der Waals surface area contributed by atoms with Gasteiger partial charge in [-0.15, -0.1) is 0 Å². The molecule has 2 unspecified atom stereocenters. The lowest BCUT2D eigenvalue weighted by Gasteiger charge is -2.46. The number of esters is 4. The van der Waals surface area contributed by atoms with Gasteiger partial charge in [-0.2, -0.15) is 0 Å². The van der Waals surface area contributed by atoms with Crippen molar-refractivity contribution < 1.29 is 178 Å². The number of aliphatic hydroxyl groups is 9. The second kappa shape index (κ2) is 29.8. The van der Waals surface area contributed by atoms with Crippen molar-refractivity contribution >= 4 is 58.9 Å². The highest BCUT2D eigenvalue weighted by Crippen LogP contribution is 2.46. The summed E-state index contributed by atoms with van der Waals surface area (Å²) in [6, 6.07) is 11.4. The van der Waals surface area contributed by atoms with E-state index in [0.717, 1.165) is 72.8 Å². The lowest BCUT2D eigenvalue weighted by atomic mass is 9.97. The quantitative estimate of drug-likeness (QED) is 0.00780. The van der Waals surface area contributed by atoms with Gasteiger partial charge in [-0.1, -0.05) is 12.1 Å². The molecule has 0 radical (unpaired) electrons. The van der Waals surface area contributed by atoms with Crippen LogP contribution in [-0.4, -0.2) is 257 Å². The number of benzene rings is 4. The van der Waals surface area contributed by atoms with E-state index < -0.39 is 241 Å². The molecule has 3 fully saturated rings. The van der Waals surface area contributed by atoms with Gasteiger partial charge in [-0.05, 0) is 47.5 Å². The van der Waals surface area contributed by atoms with Gasteiger partial charge in [0.15, 0.2) is 64.8 Å². The molecule has 36 nitrogen and oxygen atoms in total. The molecule has 8 rings (SSSR count). The molecule has 19 N–H and O–H groups in total. The fraction of sp³-hybridized carbons (Fsp3) is 0.362. The minimum Gasteiger partial charge on any atom is -0.507 e. The number of phenolic OH excluding ortho intramolecular Hbond substituents is 8. The molecule has 3 aliphatic rings. The summed E-state index contributed by atoms with van der Waals surface area (Å²) in [7, 11) is 0. The molecule has 4 aromatic carbocycles. The Labute approximate surface area is 524 Å². The molecule has 0 aliphatic carbocycles. The van der Waals surface area contributed by atoms with Crippen molar-refractivity contribution in [3.05, 3.63) is 90.0 Å². The number of carbonyl (C=O) groups excluding carboxylic acids is 4. The zero-order valence-corrected chi connectivity index (χ0v) is 47.7. The van der Waals surface area contributed by atoms with E-state index in [9.17, 15) is 121 Å². The van der Waals surface area contributed by atoms with Crippen LogP contribution in [0.25, 0.3) is 34.4 Å². The number of aliphatic hydroxyl groups excluding tert-OH is 9. The first-order valence-electron chi connectivity index (χ1n) is 27.4. The van der Waals surface area contributed by atoms with Crippen LogP contribution in [0.4, 0.5) is 0 Å². The van der Waals surface area contributed by atoms with Gasteiger partial charge >= 0.3 is 47.2 Å². The fourth-order valence-electron chi connectivity index (χ4n) is 9.31. The number of carboxylic acids is 2. The highest BCUT2D eigenvalue weighted by atomic mass is 16.8. The Kier molecular flexibility index (Phi) is 22.2. The molecule has 3 saturated heterocycles. The van der Waals surface area contributed by atoms with Gasteiger partial charge in [0.2, 0.25) is 24.4 Å². The Hall–Kier alpha value is -9.93. The van der Waals surface area contributed by atoms with E-state index in [2.05, 4.69) is 4.74 Å². The topological polar surface area (TPSA) is 590 Å². The summed E-state index contributed by atoms with van der Waals surface area (Å²) in [5.41, 5.74) is -0.500. The Balaban J connectivity index is 1.12. The normalized spacial score (nSPS) is 26.8. The number of carbonyl (C=O) groups is 6. The summed E-state index contributed by atoms with van der Waals surface area (Å²) in [5, 5.41) is 199. The Morgan fingerprint density at radius 2 is 1.09 bits per heavy atom. The van der Waals surface area contributed by atoms with Gasteiger partial charge in [0, 0.05) is 36.4 Å². The average Bonchev–Trinajstić information content (AvgIpc) is 0.767. The number of carboxylic acid groups (broad SMARTS) is 2. The van der Waals surface area contributed by atoms with Gasteiger partial charge < -0.3 is 144 Å². The number of fused-ring (bicyclic) bond motifs is 1. The number of aromatic hydroxyl groups is 8. The molecule has 36 heteroatoms. The molecule has 0 saturated carbocycles. The molecule has 0 bridgehead atoms. The summed E-state index contributed by atoms with van der Waals surface area (Å²) in [4.78, 5) is 74.2. The van der Waals surface area contributed by atoms with Gasteiger partial charge in [0.25, 0.3) is 0 Å². The minimum absolute atomic E-state index is 0.117. The van der Waals surface area contributed by atoms with Gasteiger partial charge in [-0.25, -0.2) is 23.6 Å². The number of hydrogen-bond acceptors (Lipinski definition) is 33. The second-order valence-corrected chi connectivity index (χ2v) is 20.8. The zero-order chi connectivity index (χ0) is 68.7. The number of aliphatic carboxylic acids is 2. The van der Waals surface area contributed by atoms with Crippen LogP contribution >= 0.6 is 0 Å². The van der Waals surface area contributed by atoms with Crippen LogP contribution < -0.4 is 9.47 Å². The van der Waals surface area contributed by atoms with Crippen molar-refractivity contribution in [2.24, 2.45) is 0 Å². The van der Waals surface area contributed by atoms with Crippen LogP contribution in [-0.2, 0) is 66.7 Å². The average molecular weight is 1330 g/mol. The Bertz CT molecular complexity index is 3660. The molecular formula is C58H59O36+. The summed E-state index contributed by atoms with van der Waals surface area (Å²) < 4.78 is 61.6. The molecule has 1 aromatic heterocycles. The third kappa shape index (κ3) is 16.3. The largest absolute Gasteiger partial charge is 0.507 e. The number of phenols is 8. The number of hydrogen-bond donors (Lipinski definition) is 19. The lowest BCUT2D eigenvalue weighted by Crippen LogP contribution is -2.65. The lowest BCUT2D eigenvalue weighted by molar-refractivity contribution is -0.358. The molecule has 4 heterocycles. The molecule has 3 aliphatic heterocycles.